The summed E-state index contributed by atoms with van der Waals surface area (Å²) in [4.78, 5) is 14.3. The number of rotatable bonds is 6. The van der Waals surface area contributed by atoms with Crippen LogP contribution in [-0.2, 0) is 20.8 Å². The van der Waals surface area contributed by atoms with E-state index in [0.717, 1.165) is 23.4 Å². The molecule has 0 saturated carbocycles. The maximum Gasteiger partial charge on any atom is 0.307 e. The lowest BCUT2D eigenvalue weighted by Gasteiger charge is -2.35. The van der Waals surface area contributed by atoms with Crippen LogP contribution in [0.2, 0.25) is 0 Å². The van der Waals surface area contributed by atoms with Gasteiger partial charge in [-0.2, -0.15) is 5.10 Å². The van der Waals surface area contributed by atoms with Crippen LogP contribution in [0, 0.1) is 0 Å². The van der Waals surface area contributed by atoms with Gasteiger partial charge in [-0.15, -0.1) is 0 Å². The molecular formula is C22H25N3O3. The highest BCUT2D eigenvalue weighted by Crippen LogP contribution is 2.30. The molecule has 1 saturated heterocycles. The number of aromatic nitrogens is 2. The van der Waals surface area contributed by atoms with Crippen LogP contribution in [0.3, 0.4) is 0 Å². The van der Waals surface area contributed by atoms with Gasteiger partial charge >= 0.3 is 5.97 Å². The number of aromatic amines is 1. The molecule has 1 unspecified atom stereocenters. The molecule has 146 valence electrons. The highest BCUT2D eigenvalue weighted by Gasteiger charge is 2.27. The summed E-state index contributed by atoms with van der Waals surface area (Å²) >= 11 is 0. The quantitative estimate of drug-likeness (QED) is 0.665. The predicted octanol–water partition coefficient (Wildman–Crippen LogP) is 3.38. The van der Waals surface area contributed by atoms with Crippen molar-refractivity contribution in [2.45, 2.75) is 25.9 Å². The molecule has 4 rings (SSSR count). The van der Waals surface area contributed by atoms with Gasteiger partial charge in [0.25, 0.3) is 0 Å². The molecular weight excluding hydrogens is 354 g/mol. The summed E-state index contributed by atoms with van der Waals surface area (Å²) in [6.07, 6.45) is 2.23. The molecule has 28 heavy (non-hydrogen) atoms. The summed E-state index contributed by atoms with van der Waals surface area (Å²) in [5.41, 5.74) is 3.28. The molecule has 1 aliphatic heterocycles. The zero-order chi connectivity index (χ0) is 19.3. The molecule has 1 fully saturated rings. The van der Waals surface area contributed by atoms with Gasteiger partial charge in [0.15, 0.2) is 0 Å². The van der Waals surface area contributed by atoms with Crippen molar-refractivity contribution >= 4 is 16.7 Å². The Balaban J connectivity index is 1.59. The minimum absolute atomic E-state index is 0.0167. The van der Waals surface area contributed by atoms with Crippen molar-refractivity contribution in [3.8, 4) is 11.3 Å². The molecule has 0 bridgehead atoms. The first-order valence-electron chi connectivity index (χ1n) is 9.74. The fraction of sp³-hybridized carbons (Fsp3) is 0.364. The van der Waals surface area contributed by atoms with E-state index in [1.165, 1.54) is 10.8 Å². The van der Waals surface area contributed by atoms with Gasteiger partial charge in [0.05, 0.1) is 38.1 Å². The number of ether oxygens (including phenoxy) is 2. The van der Waals surface area contributed by atoms with Gasteiger partial charge in [0.1, 0.15) is 0 Å². The number of carbonyl (C=O) groups excluding carboxylic acids is 1. The van der Waals surface area contributed by atoms with Crippen molar-refractivity contribution in [3.63, 3.8) is 0 Å². The van der Waals surface area contributed by atoms with E-state index in [0.29, 0.717) is 32.8 Å². The third-order valence-electron chi connectivity index (χ3n) is 5.21. The number of hydrogen-bond acceptors (Lipinski definition) is 5. The molecule has 1 atom stereocenters. The Kier molecular flexibility index (Phi) is 5.69. The molecule has 0 amide bonds. The lowest BCUT2D eigenvalue weighted by atomic mass is 9.99. The van der Waals surface area contributed by atoms with E-state index < -0.39 is 0 Å². The number of nitrogens with zero attached hydrogens (tertiary/aromatic N) is 2. The first-order chi connectivity index (χ1) is 13.8. The Morgan fingerprint density at radius 1 is 1.29 bits per heavy atom. The van der Waals surface area contributed by atoms with Gasteiger partial charge in [0.2, 0.25) is 0 Å². The lowest BCUT2D eigenvalue weighted by Crippen LogP contribution is -2.46. The SMILES string of the molecule is CCOC(=O)CC1COCCN1Cc1cn[nH]c1-c1cccc2ccccc12. The molecule has 1 aliphatic rings. The van der Waals surface area contributed by atoms with Crippen molar-refractivity contribution in [2.75, 3.05) is 26.4 Å². The summed E-state index contributed by atoms with van der Waals surface area (Å²) in [5.74, 6) is -0.176. The summed E-state index contributed by atoms with van der Waals surface area (Å²) in [6, 6.07) is 14.7. The van der Waals surface area contributed by atoms with Gasteiger partial charge in [-0.3, -0.25) is 14.8 Å². The van der Waals surface area contributed by atoms with E-state index in [9.17, 15) is 4.79 Å². The second-order valence-electron chi connectivity index (χ2n) is 7.01. The summed E-state index contributed by atoms with van der Waals surface area (Å²) in [5, 5.41) is 9.89. The normalized spacial score (nSPS) is 17.7. The van der Waals surface area contributed by atoms with Crippen LogP contribution in [-0.4, -0.2) is 53.5 Å². The zero-order valence-corrected chi connectivity index (χ0v) is 16.1. The van der Waals surface area contributed by atoms with Gasteiger partial charge in [-0.05, 0) is 17.7 Å². The van der Waals surface area contributed by atoms with E-state index in [1.807, 2.05) is 19.2 Å². The average molecular weight is 379 g/mol. The summed E-state index contributed by atoms with van der Waals surface area (Å²) in [6.45, 7) is 4.93. The molecule has 3 aromatic rings. The van der Waals surface area contributed by atoms with Crippen molar-refractivity contribution in [2.24, 2.45) is 0 Å². The van der Waals surface area contributed by atoms with E-state index in [-0.39, 0.29) is 12.0 Å². The number of benzene rings is 2. The van der Waals surface area contributed by atoms with Crippen LogP contribution < -0.4 is 0 Å². The maximum atomic E-state index is 12.0. The van der Waals surface area contributed by atoms with Crippen molar-refractivity contribution in [1.29, 1.82) is 0 Å². The van der Waals surface area contributed by atoms with E-state index >= 15 is 0 Å². The van der Waals surface area contributed by atoms with Crippen LogP contribution in [0.4, 0.5) is 0 Å². The van der Waals surface area contributed by atoms with Crippen LogP contribution >= 0.6 is 0 Å². The van der Waals surface area contributed by atoms with E-state index in [1.54, 1.807) is 0 Å². The number of morpholine rings is 1. The minimum atomic E-state index is -0.176. The third-order valence-corrected chi connectivity index (χ3v) is 5.21. The first-order valence-corrected chi connectivity index (χ1v) is 9.74. The molecule has 0 spiro atoms. The van der Waals surface area contributed by atoms with Crippen molar-refractivity contribution < 1.29 is 14.3 Å². The Bertz CT molecular complexity index is 948. The van der Waals surface area contributed by atoms with Crippen LogP contribution in [0.15, 0.2) is 48.7 Å². The smallest absolute Gasteiger partial charge is 0.307 e. The highest BCUT2D eigenvalue weighted by atomic mass is 16.5. The van der Waals surface area contributed by atoms with E-state index in [2.05, 4.69) is 51.5 Å². The molecule has 2 heterocycles. The second-order valence-corrected chi connectivity index (χ2v) is 7.01. The standard InChI is InChI=1S/C22H25N3O3/c1-2-28-21(26)12-18-15-27-11-10-25(18)14-17-13-23-24-22(17)20-9-5-7-16-6-3-4-8-19(16)20/h3-9,13,18H,2,10-12,14-15H2,1H3,(H,23,24). The highest BCUT2D eigenvalue weighted by molar-refractivity contribution is 5.96. The van der Waals surface area contributed by atoms with Crippen LogP contribution in [0.25, 0.3) is 22.0 Å². The predicted molar refractivity (Wildman–Crippen MR) is 108 cm³/mol. The lowest BCUT2D eigenvalue weighted by molar-refractivity contribution is -0.146. The minimum Gasteiger partial charge on any atom is -0.466 e. The van der Waals surface area contributed by atoms with Gasteiger partial charge in [0, 0.05) is 30.3 Å². The molecule has 6 heteroatoms. The van der Waals surface area contributed by atoms with Crippen molar-refractivity contribution in [1.82, 2.24) is 15.1 Å². The van der Waals surface area contributed by atoms with Gasteiger partial charge in [-0.1, -0.05) is 42.5 Å². The van der Waals surface area contributed by atoms with Crippen LogP contribution in [0.1, 0.15) is 18.9 Å². The Labute approximate surface area is 164 Å². The number of fused-ring (bicyclic) bond motifs is 1. The zero-order valence-electron chi connectivity index (χ0n) is 16.1. The Hall–Kier alpha value is -2.70. The first kappa shape index (κ1) is 18.7. The molecule has 6 nitrogen and oxygen atoms in total. The second kappa shape index (κ2) is 8.54. The fourth-order valence-corrected chi connectivity index (χ4v) is 3.82. The maximum absolute atomic E-state index is 12.0. The van der Waals surface area contributed by atoms with Crippen molar-refractivity contribution in [3.05, 3.63) is 54.2 Å². The Morgan fingerprint density at radius 3 is 3.04 bits per heavy atom. The average Bonchev–Trinajstić information content (AvgIpc) is 3.17. The summed E-state index contributed by atoms with van der Waals surface area (Å²) in [7, 11) is 0. The number of hydrogen-bond donors (Lipinski definition) is 1. The number of H-pyrrole nitrogens is 1. The molecule has 2 aromatic carbocycles. The molecule has 0 aliphatic carbocycles. The van der Waals surface area contributed by atoms with Crippen LogP contribution in [0.5, 0.6) is 0 Å². The fourth-order valence-electron chi connectivity index (χ4n) is 3.82. The number of carbonyl (C=O) groups is 1. The van der Waals surface area contributed by atoms with Gasteiger partial charge < -0.3 is 9.47 Å². The van der Waals surface area contributed by atoms with E-state index in [4.69, 9.17) is 9.47 Å². The number of nitrogens with one attached hydrogen (secondary N) is 1. The summed E-state index contributed by atoms with van der Waals surface area (Å²) < 4.78 is 10.7. The third kappa shape index (κ3) is 3.93. The largest absolute Gasteiger partial charge is 0.466 e. The molecule has 1 N–H and O–H groups in total. The van der Waals surface area contributed by atoms with Gasteiger partial charge in [-0.25, -0.2) is 0 Å². The Morgan fingerprint density at radius 2 is 2.14 bits per heavy atom. The molecule has 1 aromatic heterocycles. The topological polar surface area (TPSA) is 67.5 Å². The number of esters is 1. The molecule has 0 radical (unpaired) electrons. The monoisotopic (exact) mass is 379 g/mol.